The van der Waals surface area contributed by atoms with Gasteiger partial charge in [-0.1, -0.05) is 12.1 Å². The van der Waals surface area contributed by atoms with Gasteiger partial charge >= 0.3 is 0 Å². The van der Waals surface area contributed by atoms with E-state index in [1.54, 1.807) is 0 Å². The molecule has 0 bridgehead atoms. The third-order valence-electron chi connectivity index (χ3n) is 3.97. The predicted molar refractivity (Wildman–Crippen MR) is 79.6 cm³/mol. The first kappa shape index (κ1) is 14.4. The smallest absolute Gasteiger partial charge is 0.119 e. The number of rotatable bonds is 6. The van der Waals surface area contributed by atoms with E-state index in [-0.39, 0.29) is 0 Å². The van der Waals surface area contributed by atoms with Crippen molar-refractivity contribution < 1.29 is 4.74 Å². The van der Waals surface area contributed by atoms with E-state index in [0.717, 1.165) is 18.3 Å². The van der Waals surface area contributed by atoms with Gasteiger partial charge in [-0.25, -0.2) is 0 Å². The van der Waals surface area contributed by atoms with Crippen molar-refractivity contribution in [2.24, 2.45) is 5.92 Å². The van der Waals surface area contributed by atoms with Gasteiger partial charge in [0.25, 0.3) is 0 Å². The fourth-order valence-electron chi connectivity index (χ4n) is 2.83. The first-order valence-electron chi connectivity index (χ1n) is 7.44. The van der Waals surface area contributed by atoms with Gasteiger partial charge in [0, 0.05) is 6.04 Å². The van der Waals surface area contributed by atoms with Gasteiger partial charge in [0.15, 0.2) is 0 Å². The maximum atomic E-state index is 5.50. The number of hydrogen-bond donors (Lipinski definition) is 2. The molecule has 1 aliphatic rings. The Bertz CT molecular complexity index is 358. The van der Waals surface area contributed by atoms with Gasteiger partial charge in [-0.15, -0.1) is 0 Å². The molecule has 1 aliphatic heterocycles. The van der Waals surface area contributed by atoms with E-state index in [1.807, 2.05) is 6.92 Å². The van der Waals surface area contributed by atoms with E-state index in [4.69, 9.17) is 4.74 Å². The van der Waals surface area contributed by atoms with Crippen molar-refractivity contribution in [3.05, 3.63) is 29.8 Å². The van der Waals surface area contributed by atoms with Crippen LogP contribution >= 0.6 is 0 Å². The molecule has 0 aromatic heterocycles. The summed E-state index contributed by atoms with van der Waals surface area (Å²) >= 11 is 0. The summed E-state index contributed by atoms with van der Waals surface area (Å²) in [6.07, 6.45) is 3.83. The molecule has 1 fully saturated rings. The lowest BCUT2D eigenvalue weighted by molar-refractivity contribution is 0.317. The molecule has 1 heterocycles. The normalized spacial score (nSPS) is 18.2. The number of piperidine rings is 1. The third-order valence-corrected chi connectivity index (χ3v) is 3.97. The molecule has 0 aliphatic carbocycles. The van der Waals surface area contributed by atoms with Gasteiger partial charge < -0.3 is 15.4 Å². The van der Waals surface area contributed by atoms with Crippen molar-refractivity contribution in [1.29, 1.82) is 0 Å². The lowest BCUT2D eigenvalue weighted by Crippen LogP contribution is -2.30. The molecule has 2 rings (SSSR count). The SMILES string of the molecule is CCOc1ccc(C(CC2CCNCC2)NC)cc1. The highest BCUT2D eigenvalue weighted by atomic mass is 16.5. The van der Waals surface area contributed by atoms with E-state index in [1.165, 1.54) is 37.9 Å². The highest BCUT2D eigenvalue weighted by Gasteiger charge is 2.18. The molecule has 1 saturated heterocycles. The van der Waals surface area contributed by atoms with E-state index in [0.29, 0.717) is 6.04 Å². The van der Waals surface area contributed by atoms with Gasteiger partial charge in [-0.2, -0.15) is 0 Å². The zero-order valence-electron chi connectivity index (χ0n) is 12.1. The van der Waals surface area contributed by atoms with E-state index in [9.17, 15) is 0 Å². The quantitative estimate of drug-likeness (QED) is 0.827. The van der Waals surface area contributed by atoms with Crippen LogP contribution < -0.4 is 15.4 Å². The van der Waals surface area contributed by atoms with Crippen molar-refractivity contribution in [3.8, 4) is 5.75 Å². The topological polar surface area (TPSA) is 33.3 Å². The number of nitrogens with one attached hydrogen (secondary N) is 2. The molecule has 19 heavy (non-hydrogen) atoms. The second-order valence-electron chi connectivity index (χ2n) is 5.27. The molecular weight excluding hydrogens is 236 g/mol. The van der Waals surface area contributed by atoms with Crippen LogP contribution in [-0.4, -0.2) is 26.7 Å². The molecule has 0 spiro atoms. The highest BCUT2D eigenvalue weighted by molar-refractivity contribution is 5.29. The first-order chi connectivity index (χ1) is 9.33. The zero-order chi connectivity index (χ0) is 13.5. The van der Waals surface area contributed by atoms with Crippen molar-refractivity contribution in [2.45, 2.75) is 32.2 Å². The summed E-state index contributed by atoms with van der Waals surface area (Å²) in [7, 11) is 2.06. The second-order valence-corrected chi connectivity index (χ2v) is 5.27. The molecule has 1 aromatic rings. The Labute approximate surface area is 116 Å². The maximum Gasteiger partial charge on any atom is 0.119 e. The minimum Gasteiger partial charge on any atom is -0.494 e. The summed E-state index contributed by atoms with van der Waals surface area (Å²) in [6.45, 7) is 5.08. The van der Waals surface area contributed by atoms with Gasteiger partial charge in [-0.3, -0.25) is 0 Å². The fourth-order valence-corrected chi connectivity index (χ4v) is 2.83. The van der Waals surface area contributed by atoms with Crippen molar-refractivity contribution in [3.63, 3.8) is 0 Å². The Kier molecular flexibility index (Phi) is 5.67. The third kappa shape index (κ3) is 4.22. The van der Waals surface area contributed by atoms with E-state index >= 15 is 0 Å². The fraction of sp³-hybridized carbons (Fsp3) is 0.625. The molecule has 0 amide bonds. The maximum absolute atomic E-state index is 5.50. The minimum absolute atomic E-state index is 0.457. The number of hydrogen-bond acceptors (Lipinski definition) is 3. The Morgan fingerprint density at radius 3 is 2.53 bits per heavy atom. The van der Waals surface area contributed by atoms with Crippen LogP contribution in [0.3, 0.4) is 0 Å². The Morgan fingerprint density at radius 1 is 1.26 bits per heavy atom. The summed E-state index contributed by atoms with van der Waals surface area (Å²) in [5.41, 5.74) is 1.37. The van der Waals surface area contributed by atoms with Crippen molar-refractivity contribution in [1.82, 2.24) is 10.6 Å². The lowest BCUT2D eigenvalue weighted by Gasteiger charge is -2.27. The molecule has 106 valence electrons. The van der Waals surface area contributed by atoms with Crippen LogP contribution in [0.4, 0.5) is 0 Å². The zero-order valence-corrected chi connectivity index (χ0v) is 12.1. The van der Waals surface area contributed by atoms with Gasteiger partial charge in [0.05, 0.1) is 6.61 Å². The molecule has 0 saturated carbocycles. The highest BCUT2D eigenvalue weighted by Crippen LogP contribution is 2.27. The van der Waals surface area contributed by atoms with Crippen molar-refractivity contribution in [2.75, 3.05) is 26.7 Å². The molecule has 3 heteroatoms. The minimum atomic E-state index is 0.457. The van der Waals surface area contributed by atoms with Crippen LogP contribution in [0.1, 0.15) is 37.8 Å². The summed E-state index contributed by atoms with van der Waals surface area (Å²) < 4.78 is 5.50. The van der Waals surface area contributed by atoms with Crippen LogP contribution in [0, 0.1) is 5.92 Å². The second kappa shape index (κ2) is 7.51. The van der Waals surface area contributed by atoms with Crippen LogP contribution in [-0.2, 0) is 0 Å². The van der Waals surface area contributed by atoms with E-state index in [2.05, 4.69) is 41.9 Å². The van der Waals surface area contributed by atoms with Crippen LogP contribution in [0.5, 0.6) is 5.75 Å². The summed E-state index contributed by atoms with van der Waals surface area (Å²) in [6, 6.07) is 8.98. The number of benzene rings is 1. The Morgan fingerprint density at radius 2 is 1.95 bits per heavy atom. The standard InChI is InChI=1S/C16H26N2O/c1-3-19-15-6-4-14(5-7-15)16(17-2)12-13-8-10-18-11-9-13/h4-7,13,16-18H,3,8-12H2,1-2H3. The van der Waals surface area contributed by atoms with Gasteiger partial charge in [-0.05, 0) is 69.9 Å². The molecule has 2 N–H and O–H groups in total. The Hall–Kier alpha value is -1.06. The largest absolute Gasteiger partial charge is 0.494 e. The Balaban J connectivity index is 1.95. The van der Waals surface area contributed by atoms with Gasteiger partial charge in [0.1, 0.15) is 5.75 Å². The van der Waals surface area contributed by atoms with Crippen LogP contribution in [0.2, 0.25) is 0 Å². The number of ether oxygens (including phenoxy) is 1. The predicted octanol–water partition coefficient (Wildman–Crippen LogP) is 2.74. The van der Waals surface area contributed by atoms with Crippen LogP contribution in [0.25, 0.3) is 0 Å². The van der Waals surface area contributed by atoms with Crippen molar-refractivity contribution >= 4 is 0 Å². The van der Waals surface area contributed by atoms with Gasteiger partial charge in [0.2, 0.25) is 0 Å². The molecular formula is C16H26N2O. The summed E-state index contributed by atoms with van der Waals surface area (Å²) in [4.78, 5) is 0. The molecule has 0 radical (unpaired) electrons. The lowest BCUT2D eigenvalue weighted by atomic mass is 9.88. The first-order valence-corrected chi connectivity index (χ1v) is 7.44. The molecule has 1 atom stereocenters. The molecule has 1 unspecified atom stereocenters. The molecule has 3 nitrogen and oxygen atoms in total. The van der Waals surface area contributed by atoms with E-state index < -0.39 is 0 Å². The average Bonchev–Trinajstić information content (AvgIpc) is 2.47. The average molecular weight is 262 g/mol. The molecule has 1 aromatic carbocycles. The summed E-state index contributed by atoms with van der Waals surface area (Å²) in [5, 5.41) is 6.89. The summed E-state index contributed by atoms with van der Waals surface area (Å²) in [5.74, 6) is 1.80. The monoisotopic (exact) mass is 262 g/mol. The van der Waals surface area contributed by atoms with Crippen LogP contribution in [0.15, 0.2) is 24.3 Å².